The molecule has 60 valence electrons. The van der Waals surface area contributed by atoms with Gasteiger partial charge >= 0.3 is 27.3 Å². The van der Waals surface area contributed by atoms with Gasteiger partial charge in [0.15, 0.2) is 0 Å². The largest absolute Gasteiger partial charge is 2.00 e. The molecule has 10 heavy (non-hydrogen) atoms. The van der Waals surface area contributed by atoms with Crippen molar-refractivity contribution in [3.63, 3.8) is 0 Å². The summed E-state index contributed by atoms with van der Waals surface area (Å²) >= 11 is 0. The molecular formula is C4H11CdCl2FN2. The topological polar surface area (TPSA) is 52.0 Å². The molecule has 0 heterocycles. The molecule has 0 aliphatic carbocycles. The number of halogens is 3. The van der Waals surface area contributed by atoms with Crippen molar-refractivity contribution in [3.8, 4) is 0 Å². The zero-order chi connectivity index (χ0) is 5.91. The van der Waals surface area contributed by atoms with Gasteiger partial charge in [-0.1, -0.05) is 13.3 Å². The minimum Gasteiger partial charge on any atom is -1.00 e. The average molecular weight is 289 g/mol. The number of rotatable bonds is 2. The third-order valence-corrected chi connectivity index (χ3v) is 0.633. The van der Waals surface area contributed by atoms with Gasteiger partial charge < -0.3 is 24.8 Å². The Morgan fingerprint density at radius 1 is 1.30 bits per heavy atom. The van der Waals surface area contributed by atoms with Crippen molar-refractivity contribution >= 4 is 0 Å². The summed E-state index contributed by atoms with van der Waals surface area (Å²) in [6, 6.07) is 0. The zero-order valence-corrected chi connectivity index (χ0v) is 11.5. The number of nitrogens with two attached hydrogens (primary N) is 2. The van der Waals surface area contributed by atoms with Crippen LogP contribution in [0.15, 0.2) is 0 Å². The van der Waals surface area contributed by atoms with Gasteiger partial charge in [0, 0.05) is 6.42 Å². The van der Waals surface area contributed by atoms with Crippen molar-refractivity contribution in [1.29, 1.82) is 0 Å². The third-order valence-electron chi connectivity index (χ3n) is 0.633. The smallest absolute Gasteiger partial charge is 1.00 e. The van der Waals surface area contributed by atoms with Crippen LogP contribution in [0.5, 0.6) is 0 Å². The second-order valence-corrected chi connectivity index (χ2v) is 1.68. The zero-order valence-electron chi connectivity index (χ0n) is 5.91. The average Bonchev–Trinajstić information content (AvgIpc) is 1.30. The summed E-state index contributed by atoms with van der Waals surface area (Å²) in [4.78, 5) is 0. The molecule has 2 nitrogen and oxygen atoms in total. The van der Waals surface area contributed by atoms with E-state index in [0.29, 0.717) is 6.42 Å². The molecule has 0 spiro atoms. The van der Waals surface area contributed by atoms with Crippen LogP contribution in [-0.2, 0) is 27.3 Å². The molecule has 0 aromatic heterocycles. The third kappa shape index (κ3) is 22.8. The van der Waals surface area contributed by atoms with E-state index >= 15 is 0 Å². The maximum absolute atomic E-state index is 11.9. The first-order chi connectivity index (χ1) is 3.06. The van der Waals surface area contributed by atoms with Gasteiger partial charge in [0.05, 0.1) is 0 Å². The van der Waals surface area contributed by atoms with Crippen molar-refractivity contribution in [2.75, 3.05) is 0 Å². The van der Waals surface area contributed by atoms with E-state index in [0.717, 1.165) is 0 Å². The normalized spacial score (nSPS) is 8.40. The first kappa shape index (κ1) is 22.5. The van der Waals surface area contributed by atoms with E-state index in [2.05, 4.69) is 0 Å². The van der Waals surface area contributed by atoms with Gasteiger partial charge in [-0.15, -0.1) is 0 Å². The van der Waals surface area contributed by atoms with E-state index in [1.54, 1.807) is 0 Å². The molecule has 6 heteroatoms. The van der Waals surface area contributed by atoms with Crippen LogP contribution >= 0.6 is 0 Å². The summed E-state index contributed by atoms with van der Waals surface area (Å²) in [5.41, 5.74) is 9.51. The van der Waals surface area contributed by atoms with E-state index < -0.39 is 5.92 Å². The molecule has 4 N–H and O–H groups in total. The molecule has 0 saturated carbocycles. The molecule has 0 amide bonds. The summed E-state index contributed by atoms with van der Waals surface area (Å²) in [7, 11) is 0. The molecule has 0 aliphatic rings. The van der Waals surface area contributed by atoms with Crippen LogP contribution in [0.25, 0.3) is 0 Å². The van der Waals surface area contributed by atoms with Gasteiger partial charge in [-0.3, -0.25) is 11.5 Å². The summed E-state index contributed by atoms with van der Waals surface area (Å²) < 4.78 is 11.9. The van der Waals surface area contributed by atoms with Crippen LogP contribution < -0.4 is 36.3 Å². The van der Waals surface area contributed by atoms with Crippen LogP contribution in [0.3, 0.4) is 0 Å². The van der Waals surface area contributed by atoms with Crippen molar-refractivity contribution in [1.82, 2.24) is 0 Å². The van der Waals surface area contributed by atoms with Crippen LogP contribution in [0.1, 0.15) is 19.8 Å². The van der Waals surface area contributed by atoms with E-state index in [4.69, 9.17) is 11.5 Å². The molecule has 0 bridgehead atoms. The summed E-state index contributed by atoms with van der Waals surface area (Å²) in [5, 5.41) is 0. The van der Waals surface area contributed by atoms with Crippen molar-refractivity contribution in [2.45, 2.75) is 25.7 Å². The molecule has 0 aromatic rings. The fourth-order valence-corrected chi connectivity index (χ4v) is 0.383. The van der Waals surface area contributed by atoms with Crippen LogP contribution in [-0.4, -0.2) is 5.92 Å². The predicted molar refractivity (Wildman–Crippen MR) is 27.1 cm³/mol. The van der Waals surface area contributed by atoms with Gasteiger partial charge in [-0.25, -0.2) is 4.39 Å². The Morgan fingerprint density at radius 2 is 1.60 bits per heavy atom. The summed E-state index contributed by atoms with van der Waals surface area (Å²) in [6.07, 6.45) is 0.913. The molecule has 0 radical (unpaired) electrons. The van der Waals surface area contributed by atoms with Gasteiger partial charge in [-0.2, -0.15) is 0 Å². The van der Waals surface area contributed by atoms with Crippen LogP contribution in [0.4, 0.5) is 4.39 Å². The monoisotopic (exact) mass is 290 g/mol. The van der Waals surface area contributed by atoms with E-state index in [1.165, 1.54) is 0 Å². The first-order valence-electron chi connectivity index (χ1n) is 2.33. The van der Waals surface area contributed by atoms with E-state index in [1.807, 2.05) is 6.92 Å². The fourth-order valence-electron chi connectivity index (χ4n) is 0.383. The van der Waals surface area contributed by atoms with Gasteiger partial charge in [-0.05, 0) is 0 Å². The SMILES string of the molecule is CCCC(N)(N)F.[Cd+2].[Cl-].[Cl-]. The number of hydrogen-bond acceptors (Lipinski definition) is 2. The van der Waals surface area contributed by atoms with E-state index in [-0.39, 0.29) is 58.5 Å². The molecule has 0 aromatic carbocycles. The Balaban J connectivity index is -0.0000000600. The molecule has 0 aliphatic heterocycles. The maximum atomic E-state index is 11.9. The van der Waals surface area contributed by atoms with Gasteiger partial charge in [0.1, 0.15) is 0 Å². The Morgan fingerprint density at radius 3 is 1.60 bits per heavy atom. The summed E-state index contributed by atoms with van der Waals surface area (Å²) in [5.74, 6) is -1.95. The minimum absolute atomic E-state index is 0. The molecule has 0 rings (SSSR count). The standard InChI is InChI=1S/C4H11FN2.Cd.2ClH/c1-2-3-4(5,6)7;;;/h2-3,6-7H2,1H3;;2*1H/q;+2;;/p-2. The van der Waals surface area contributed by atoms with Crippen molar-refractivity contribution in [2.24, 2.45) is 11.5 Å². The second-order valence-electron chi connectivity index (χ2n) is 1.68. The number of hydrogen-bond donors (Lipinski definition) is 2. The maximum Gasteiger partial charge on any atom is 2.00 e. The molecule has 0 atom stereocenters. The Bertz CT molecular complexity index is 59.7. The molecule has 0 saturated heterocycles. The van der Waals surface area contributed by atoms with Crippen molar-refractivity contribution in [3.05, 3.63) is 0 Å². The Hall–Kier alpha value is 1.35. The van der Waals surface area contributed by atoms with Crippen LogP contribution in [0.2, 0.25) is 0 Å². The molecule has 0 unspecified atom stereocenters. The minimum atomic E-state index is -1.95. The van der Waals surface area contributed by atoms with Crippen molar-refractivity contribution < 1.29 is 56.5 Å². The second kappa shape index (κ2) is 10.4. The first-order valence-corrected chi connectivity index (χ1v) is 2.33. The molecular weight excluding hydrogens is 278 g/mol. The van der Waals surface area contributed by atoms with Crippen LogP contribution in [0, 0.1) is 0 Å². The fraction of sp³-hybridized carbons (Fsp3) is 1.00. The quantitative estimate of drug-likeness (QED) is 0.302. The molecule has 0 fully saturated rings. The van der Waals surface area contributed by atoms with E-state index in [9.17, 15) is 4.39 Å². The van der Waals surface area contributed by atoms with Gasteiger partial charge in [0.2, 0.25) is 5.92 Å². The Labute approximate surface area is 93.3 Å². The summed E-state index contributed by atoms with van der Waals surface area (Å²) in [6.45, 7) is 1.83. The Kier molecular flexibility index (Phi) is 23.3. The predicted octanol–water partition coefficient (Wildman–Crippen LogP) is -5.67. The number of alkyl halides is 1. The van der Waals surface area contributed by atoms with Gasteiger partial charge in [0.25, 0.3) is 0 Å².